The van der Waals surface area contributed by atoms with Crippen LogP contribution < -0.4 is 4.90 Å². The molecule has 1 aromatic carbocycles. The number of benzene rings is 1. The second-order valence-corrected chi connectivity index (χ2v) is 6.11. The number of esters is 1. The molecule has 0 unspecified atom stereocenters. The molecule has 24 heavy (non-hydrogen) atoms. The van der Waals surface area contributed by atoms with Gasteiger partial charge in [0.05, 0.1) is 42.9 Å². The monoisotopic (exact) mass is 329 g/mol. The van der Waals surface area contributed by atoms with Gasteiger partial charge in [0.25, 0.3) is 0 Å². The molecule has 0 radical (unpaired) electrons. The molecule has 7 heteroatoms. The fourth-order valence-electron chi connectivity index (χ4n) is 3.80. The van der Waals surface area contributed by atoms with Crippen molar-refractivity contribution in [3.8, 4) is 0 Å². The summed E-state index contributed by atoms with van der Waals surface area (Å²) in [6.45, 7) is -0.352. The summed E-state index contributed by atoms with van der Waals surface area (Å²) in [6.07, 6.45) is 2.92. The minimum Gasteiger partial charge on any atom is -0.465 e. The van der Waals surface area contributed by atoms with Crippen molar-refractivity contribution < 1.29 is 29.0 Å². The molecule has 2 fully saturated rings. The minimum absolute atomic E-state index is 0.331. The third kappa shape index (κ3) is 1.76. The molecule has 4 rings (SSSR count). The van der Waals surface area contributed by atoms with Crippen molar-refractivity contribution in [1.82, 2.24) is 0 Å². The number of hydrogen-bond acceptors (Lipinski definition) is 6. The summed E-state index contributed by atoms with van der Waals surface area (Å²) in [5, 5.41) is 9.67. The molecular weight excluding hydrogens is 314 g/mol. The van der Waals surface area contributed by atoms with E-state index in [1.807, 2.05) is 0 Å². The largest absolute Gasteiger partial charge is 0.465 e. The Hall–Kier alpha value is -2.51. The van der Waals surface area contributed by atoms with Crippen LogP contribution in [0, 0.1) is 11.8 Å². The Bertz CT molecular complexity index is 770. The highest BCUT2D eigenvalue weighted by atomic mass is 16.5. The standard InChI is InChI=1S/C17H15NO6/c1-23-16(22)9-2-4-10(5-3-9)18-14(20)12-11-6-7-17(8-19,24-11)13(12)15(18)21/h2-7,11-13,19H,8H2,1H3/t11-,12-,13+,17+/m1/s1. The molecule has 0 spiro atoms. The molecule has 3 aliphatic rings. The van der Waals surface area contributed by atoms with Crippen molar-refractivity contribution in [1.29, 1.82) is 0 Å². The summed E-state index contributed by atoms with van der Waals surface area (Å²) in [5.74, 6) is -2.56. The lowest BCUT2D eigenvalue weighted by atomic mass is 9.77. The van der Waals surface area contributed by atoms with Gasteiger partial charge in [-0.15, -0.1) is 0 Å². The Morgan fingerprint density at radius 2 is 2.00 bits per heavy atom. The van der Waals surface area contributed by atoms with Gasteiger partial charge in [-0.2, -0.15) is 0 Å². The van der Waals surface area contributed by atoms with E-state index in [0.717, 1.165) is 4.90 Å². The summed E-state index contributed by atoms with van der Waals surface area (Å²) in [4.78, 5) is 38.2. The number of amides is 2. The average molecular weight is 329 g/mol. The normalized spacial score (nSPS) is 33.2. The van der Waals surface area contributed by atoms with Gasteiger partial charge in [0.15, 0.2) is 0 Å². The van der Waals surface area contributed by atoms with Gasteiger partial charge in [0.2, 0.25) is 11.8 Å². The Morgan fingerprint density at radius 1 is 1.29 bits per heavy atom. The van der Waals surface area contributed by atoms with Crippen LogP contribution in [-0.2, 0) is 19.1 Å². The van der Waals surface area contributed by atoms with E-state index in [0.29, 0.717) is 11.3 Å². The first kappa shape index (κ1) is 15.0. The molecule has 124 valence electrons. The Labute approximate surface area is 137 Å². The second-order valence-electron chi connectivity index (χ2n) is 6.11. The molecule has 1 aromatic rings. The van der Waals surface area contributed by atoms with Crippen molar-refractivity contribution in [2.75, 3.05) is 18.6 Å². The van der Waals surface area contributed by atoms with E-state index >= 15 is 0 Å². The van der Waals surface area contributed by atoms with Crippen molar-refractivity contribution in [3.05, 3.63) is 42.0 Å². The maximum Gasteiger partial charge on any atom is 0.337 e. The number of rotatable bonds is 3. The van der Waals surface area contributed by atoms with Crippen LogP contribution in [0.2, 0.25) is 0 Å². The van der Waals surface area contributed by atoms with E-state index in [1.165, 1.54) is 31.4 Å². The zero-order chi connectivity index (χ0) is 17.1. The quantitative estimate of drug-likeness (QED) is 0.486. The van der Waals surface area contributed by atoms with Crippen LogP contribution in [-0.4, -0.2) is 48.3 Å². The van der Waals surface area contributed by atoms with Crippen LogP contribution in [0.4, 0.5) is 5.69 Å². The van der Waals surface area contributed by atoms with Crippen molar-refractivity contribution in [2.45, 2.75) is 11.7 Å². The van der Waals surface area contributed by atoms with Gasteiger partial charge < -0.3 is 14.6 Å². The molecular formula is C17H15NO6. The predicted molar refractivity (Wildman–Crippen MR) is 81.1 cm³/mol. The van der Waals surface area contributed by atoms with Gasteiger partial charge in [-0.3, -0.25) is 9.59 Å². The van der Waals surface area contributed by atoms with E-state index in [4.69, 9.17) is 4.74 Å². The smallest absolute Gasteiger partial charge is 0.337 e. The number of imide groups is 1. The summed E-state index contributed by atoms with van der Waals surface area (Å²) < 4.78 is 10.3. The van der Waals surface area contributed by atoms with Gasteiger partial charge >= 0.3 is 5.97 Å². The number of carbonyl (C=O) groups excluding carboxylic acids is 3. The van der Waals surface area contributed by atoms with Crippen LogP contribution in [0.15, 0.2) is 36.4 Å². The number of fused-ring (bicyclic) bond motifs is 5. The fourth-order valence-corrected chi connectivity index (χ4v) is 3.80. The van der Waals surface area contributed by atoms with Crippen LogP contribution in [0.1, 0.15) is 10.4 Å². The number of carbonyl (C=O) groups is 3. The van der Waals surface area contributed by atoms with Gasteiger partial charge in [-0.25, -0.2) is 9.69 Å². The molecule has 3 aliphatic heterocycles. The van der Waals surface area contributed by atoms with Gasteiger partial charge in [-0.05, 0) is 24.3 Å². The summed E-state index contributed by atoms with van der Waals surface area (Å²) >= 11 is 0. The summed E-state index contributed by atoms with van der Waals surface area (Å²) in [7, 11) is 1.28. The number of aliphatic hydroxyl groups is 1. The highest BCUT2D eigenvalue weighted by Gasteiger charge is 2.67. The van der Waals surface area contributed by atoms with Crippen molar-refractivity contribution >= 4 is 23.5 Å². The summed E-state index contributed by atoms with van der Waals surface area (Å²) in [6, 6.07) is 6.07. The van der Waals surface area contributed by atoms with E-state index in [9.17, 15) is 19.5 Å². The van der Waals surface area contributed by atoms with Crippen LogP contribution >= 0.6 is 0 Å². The van der Waals surface area contributed by atoms with Crippen LogP contribution in [0.25, 0.3) is 0 Å². The topological polar surface area (TPSA) is 93.1 Å². The van der Waals surface area contributed by atoms with Crippen LogP contribution in [0.3, 0.4) is 0 Å². The lowest BCUT2D eigenvalue weighted by Gasteiger charge is -2.26. The SMILES string of the molecule is COC(=O)c1ccc(N2C(=O)[C@H]3[C@@H](C2=O)[C@@]2(CO)C=C[C@H]3O2)cc1. The summed E-state index contributed by atoms with van der Waals surface area (Å²) in [5.41, 5.74) is -0.389. The second kappa shape index (κ2) is 4.99. The minimum atomic E-state index is -1.11. The Morgan fingerprint density at radius 3 is 2.62 bits per heavy atom. The molecule has 0 aliphatic carbocycles. The zero-order valence-corrected chi connectivity index (χ0v) is 12.8. The van der Waals surface area contributed by atoms with Gasteiger partial charge in [-0.1, -0.05) is 12.2 Å². The number of aliphatic hydroxyl groups excluding tert-OH is 1. The van der Waals surface area contributed by atoms with Crippen molar-refractivity contribution in [2.24, 2.45) is 11.8 Å². The van der Waals surface area contributed by atoms with Gasteiger partial charge in [0, 0.05) is 0 Å². The molecule has 7 nitrogen and oxygen atoms in total. The lowest BCUT2D eigenvalue weighted by molar-refractivity contribution is -0.128. The van der Waals surface area contributed by atoms with E-state index < -0.39 is 35.4 Å². The molecule has 4 atom stereocenters. The zero-order valence-electron chi connectivity index (χ0n) is 12.8. The maximum atomic E-state index is 12.8. The molecule has 1 N–H and O–H groups in total. The third-order valence-corrected chi connectivity index (χ3v) is 4.95. The maximum absolute atomic E-state index is 12.8. The number of methoxy groups -OCH3 is 1. The van der Waals surface area contributed by atoms with Crippen LogP contribution in [0.5, 0.6) is 0 Å². The van der Waals surface area contributed by atoms with E-state index in [-0.39, 0.29) is 12.5 Å². The molecule has 2 amide bonds. The average Bonchev–Trinajstić information content (AvgIpc) is 3.25. The highest BCUT2D eigenvalue weighted by molar-refractivity contribution is 6.23. The molecule has 3 heterocycles. The first-order chi connectivity index (χ1) is 11.5. The number of hydrogen-bond donors (Lipinski definition) is 1. The van der Waals surface area contributed by atoms with E-state index in [2.05, 4.69) is 4.74 Å². The highest BCUT2D eigenvalue weighted by Crippen LogP contribution is 2.52. The first-order valence-corrected chi connectivity index (χ1v) is 7.56. The fraction of sp³-hybridized carbons (Fsp3) is 0.353. The molecule has 2 bridgehead atoms. The first-order valence-electron chi connectivity index (χ1n) is 7.56. The number of ether oxygens (including phenoxy) is 2. The number of anilines is 1. The Balaban J connectivity index is 1.68. The molecule has 0 aromatic heterocycles. The molecule has 0 saturated carbocycles. The number of nitrogens with zero attached hydrogens (tertiary/aromatic N) is 1. The molecule has 2 saturated heterocycles. The Kier molecular flexibility index (Phi) is 3.13. The van der Waals surface area contributed by atoms with Gasteiger partial charge in [0.1, 0.15) is 5.60 Å². The lowest BCUT2D eigenvalue weighted by Crippen LogP contribution is -2.43. The van der Waals surface area contributed by atoms with E-state index in [1.54, 1.807) is 12.2 Å². The van der Waals surface area contributed by atoms with Crippen molar-refractivity contribution in [3.63, 3.8) is 0 Å². The predicted octanol–water partition coefficient (Wildman–Crippen LogP) is 0.278. The third-order valence-electron chi connectivity index (χ3n) is 4.95.